The fourth-order valence-corrected chi connectivity index (χ4v) is 2.74. The average Bonchev–Trinajstić information content (AvgIpc) is 2.80. The van der Waals surface area contributed by atoms with Gasteiger partial charge in [0.25, 0.3) is 5.91 Å². The molecule has 0 spiro atoms. The van der Waals surface area contributed by atoms with Gasteiger partial charge in [0.2, 0.25) is 5.91 Å². The Kier molecular flexibility index (Phi) is 5.83. The number of ether oxygens (including phenoxy) is 1. The van der Waals surface area contributed by atoms with Crippen molar-refractivity contribution in [3.8, 4) is 5.75 Å². The molecule has 0 atom stereocenters. The van der Waals surface area contributed by atoms with Crippen LogP contribution in [0.1, 0.15) is 46.5 Å². The van der Waals surface area contributed by atoms with E-state index in [-0.39, 0.29) is 18.2 Å². The van der Waals surface area contributed by atoms with Gasteiger partial charge in [-0.1, -0.05) is 36.9 Å². The van der Waals surface area contributed by atoms with E-state index in [1.54, 1.807) is 18.2 Å². The molecule has 1 aromatic carbocycles. The van der Waals surface area contributed by atoms with Gasteiger partial charge in [-0.3, -0.25) is 9.59 Å². The number of imide groups is 1. The Balaban J connectivity index is 2.16. The summed E-state index contributed by atoms with van der Waals surface area (Å²) in [5.41, 5.74) is 1.82. The lowest BCUT2D eigenvalue weighted by Crippen LogP contribution is -2.29. The van der Waals surface area contributed by atoms with Gasteiger partial charge in [-0.05, 0) is 32.4 Å². The highest BCUT2D eigenvalue weighted by Gasteiger charge is 2.36. The Morgan fingerprint density at radius 1 is 1.26 bits per heavy atom. The SMILES string of the molecule is CCCCCOc1ccc(N2C(=O)CC(=C(C)C)C2=O)c(Cl)c1. The van der Waals surface area contributed by atoms with Crippen LogP contribution in [-0.2, 0) is 9.59 Å². The lowest BCUT2D eigenvalue weighted by molar-refractivity contribution is -0.120. The zero-order valence-corrected chi connectivity index (χ0v) is 14.6. The van der Waals surface area contributed by atoms with Crippen LogP contribution in [0, 0.1) is 0 Å². The second-order valence-corrected chi connectivity index (χ2v) is 6.27. The number of hydrogen-bond acceptors (Lipinski definition) is 3. The van der Waals surface area contributed by atoms with Gasteiger partial charge in [0.1, 0.15) is 5.75 Å². The number of unbranched alkanes of at least 4 members (excludes halogenated alkanes) is 2. The highest BCUT2D eigenvalue weighted by molar-refractivity contribution is 6.37. The predicted molar refractivity (Wildman–Crippen MR) is 92.0 cm³/mol. The second kappa shape index (κ2) is 7.64. The number of rotatable bonds is 6. The number of carbonyl (C=O) groups is 2. The van der Waals surface area contributed by atoms with Crippen LogP contribution in [0.25, 0.3) is 0 Å². The van der Waals surface area contributed by atoms with E-state index in [1.807, 2.05) is 13.8 Å². The highest BCUT2D eigenvalue weighted by Crippen LogP contribution is 2.35. The molecule has 0 saturated carbocycles. The zero-order chi connectivity index (χ0) is 17.0. The first-order valence-electron chi connectivity index (χ1n) is 7.91. The van der Waals surface area contributed by atoms with Gasteiger partial charge in [-0.25, -0.2) is 4.90 Å². The topological polar surface area (TPSA) is 46.6 Å². The summed E-state index contributed by atoms with van der Waals surface area (Å²) in [4.78, 5) is 25.7. The third kappa shape index (κ3) is 3.94. The van der Waals surface area contributed by atoms with Crippen LogP contribution in [-0.4, -0.2) is 18.4 Å². The molecule has 0 aliphatic carbocycles. The van der Waals surface area contributed by atoms with Gasteiger partial charge in [0.05, 0.1) is 23.7 Å². The molecule has 23 heavy (non-hydrogen) atoms. The van der Waals surface area contributed by atoms with E-state index in [0.717, 1.165) is 29.7 Å². The third-order valence-electron chi connectivity index (χ3n) is 3.82. The van der Waals surface area contributed by atoms with Crippen LogP contribution in [0.15, 0.2) is 29.3 Å². The summed E-state index contributed by atoms with van der Waals surface area (Å²) in [6.07, 6.45) is 3.37. The third-order valence-corrected chi connectivity index (χ3v) is 4.12. The van der Waals surface area contributed by atoms with Crippen molar-refractivity contribution >= 4 is 29.1 Å². The molecule has 0 bridgehead atoms. The summed E-state index contributed by atoms with van der Waals surface area (Å²) in [6.45, 7) is 6.43. The molecule has 5 heteroatoms. The highest BCUT2D eigenvalue weighted by atomic mass is 35.5. The maximum atomic E-state index is 12.4. The van der Waals surface area contributed by atoms with Crippen molar-refractivity contribution in [2.45, 2.75) is 46.5 Å². The molecule has 1 aliphatic heterocycles. The minimum atomic E-state index is -0.284. The molecule has 124 valence electrons. The van der Waals surface area contributed by atoms with Crippen LogP contribution < -0.4 is 9.64 Å². The fraction of sp³-hybridized carbons (Fsp3) is 0.444. The van der Waals surface area contributed by atoms with Gasteiger partial charge in [-0.2, -0.15) is 0 Å². The van der Waals surface area contributed by atoms with E-state index >= 15 is 0 Å². The Labute approximate surface area is 142 Å². The number of allylic oxidation sites excluding steroid dienone is 1. The molecule has 2 amide bonds. The van der Waals surface area contributed by atoms with E-state index in [4.69, 9.17) is 16.3 Å². The zero-order valence-electron chi connectivity index (χ0n) is 13.8. The first-order chi connectivity index (χ1) is 11.0. The summed E-state index contributed by atoms with van der Waals surface area (Å²) >= 11 is 6.27. The monoisotopic (exact) mass is 335 g/mol. The van der Waals surface area contributed by atoms with Crippen LogP contribution in [0.3, 0.4) is 0 Å². The quantitative estimate of drug-likeness (QED) is 0.436. The van der Waals surface area contributed by atoms with E-state index < -0.39 is 0 Å². The maximum absolute atomic E-state index is 12.4. The molecule has 0 unspecified atom stereocenters. The van der Waals surface area contributed by atoms with Crippen molar-refractivity contribution in [2.75, 3.05) is 11.5 Å². The van der Waals surface area contributed by atoms with Gasteiger partial charge in [0.15, 0.2) is 0 Å². The average molecular weight is 336 g/mol. The Morgan fingerprint density at radius 2 is 2.00 bits per heavy atom. The summed E-state index contributed by atoms with van der Waals surface area (Å²) in [7, 11) is 0. The van der Waals surface area contributed by atoms with E-state index in [0.29, 0.717) is 28.6 Å². The number of anilines is 1. The van der Waals surface area contributed by atoms with Crippen molar-refractivity contribution in [2.24, 2.45) is 0 Å². The van der Waals surface area contributed by atoms with Gasteiger partial charge in [-0.15, -0.1) is 0 Å². The van der Waals surface area contributed by atoms with Gasteiger partial charge in [0, 0.05) is 11.6 Å². The smallest absolute Gasteiger partial charge is 0.261 e. The number of nitrogens with zero attached hydrogens (tertiary/aromatic N) is 1. The molecular formula is C18H22ClNO3. The molecule has 1 heterocycles. The Hall–Kier alpha value is -1.81. The van der Waals surface area contributed by atoms with E-state index in [9.17, 15) is 9.59 Å². The first kappa shape index (κ1) is 17.5. The number of hydrogen-bond donors (Lipinski definition) is 0. The largest absolute Gasteiger partial charge is 0.494 e. The van der Waals surface area contributed by atoms with Crippen molar-refractivity contribution < 1.29 is 14.3 Å². The Bertz CT molecular complexity index is 648. The standard InChI is InChI=1S/C18H22ClNO3/c1-4-5-6-9-23-13-7-8-16(15(19)10-13)20-17(21)11-14(12(2)3)18(20)22/h7-8,10H,4-6,9,11H2,1-3H3. The summed E-state index contributed by atoms with van der Waals surface area (Å²) < 4.78 is 5.64. The van der Waals surface area contributed by atoms with Crippen LogP contribution in [0.4, 0.5) is 5.69 Å². The molecular weight excluding hydrogens is 314 g/mol. The summed E-state index contributed by atoms with van der Waals surface area (Å²) in [5.74, 6) is 0.120. The van der Waals surface area contributed by atoms with Crippen molar-refractivity contribution in [3.63, 3.8) is 0 Å². The molecule has 0 radical (unpaired) electrons. The molecule has 1 aliphatic rings. The lowest BCUT2D eigenvalue weighted by Gasteiger charge is -2.16. The molecule has 2 rings (SSSR count). The van der Waals surface area contributed by atoms with Crippen molar-refractivity contribution in [1.82, 2.24) is 0 Å². The molecule has 4 nitrogen and oxygen atoms in total. The lowest BCUT2D eigenvalue weighted by atomic mass is 10.1. The van der Waals surface area contributed by atoms with Crippen molar-refractivity contribution in [3.05, 3.63) is 34.4 Å². The van der Waals surface area contributed by atoms with Crippen LogP contribution >= 0.6 is 11.6 Å². The van der Waals surface area contributed by atoms with Gasteiger partial charge < -0.3 is 4.74 Å². The molecule has 1 fully saturated rings. The number of amides is 2. The van der Waals surface area contributed by atoms with Crippen molar-refractivity contribution in [1.29, 1.82) is 0 Å². The predicted octanol–water partition coefficient (Wildman–Crippen LogP) is 4.51. The first-order valence-corrected chi connectivity index (χ1v) is 8.29. The maximum Gasteiger partial charge on any atom is 0.261 e. The summed E-state index contributed by atoms with van der Waals surface area (Å²) in [5, 5.41) is 0.342. The molecule has 1 aromatic rings. The second-order valence-electron chi connectivity index (χ2n) is 5.86. The minimum Gasteiger partial charge on any atom is -0.494 e. The normalized spacial score (nSPS) is 14.6. The number of halogens is 1. The fourth-order valence-electron chi connectivity index (χ4n) is 2.49. The molecule has 0 N–H and O–H groups in total. The van der Waals surface area contributed by atoms with E-state index in [2.05, 4.69) is 6.92 Å². The molecule has 1 saturated heterocycles. The number of carbonyl (C=O) groups excluding carboxylic acids is 2. The minimum absolute atomic E-state index is 0.132. The summed E-state index contributed by atoms with van der Waals surface area (Å²) in [6, 6.07) is 5.07. The Morgan fingerprint density at radius 3 is 2.57 bits per heavy atom. The van der Waals surface area contributed by atoms with Gasteiger partial charge >= 0.3 is 0 Å². The number of benzene rings is 1. The van der Waals surface area contributed by atoms with Crippen LogP contribution in [0.2, 0.25) is 5.02 Å². The van der Waals surface area contributed by atoms with Crippen LogP contribution in [0.5, 0.6) is 5.75 Å². The van der Waals surface area contributed by atoms with E-state index in [1.165, 1.54) is 0 Å². The molecule has 0 aromatic heterocycles.